The minimum Gasteiger partial charge on any atom is -0.369 e. The Kier molecular flexibility index (Phi) is 5.28. The summed E-state index contributed by atoms with van der Waals surface area (Å²) in [5, 5.41) is 0. The Labute approximate surface area is 196 Å². The van der Waals surface area contributed by atoms with Crippen LogP contribution in [0.5, 0.6) is 0 Å². The van der Waals surface area contributed by atoms with Gasteiger partial charge >= 0.3 is 0 Å². The van der Waals surface area contributed by atoms with Crippen LogP contribution in [-0.4, -0.2) is 42.5 Å². The van der Waals surface area contributed by atoms with Gasteiger partial charge in [-0.05, 0) is 80.6 Å². The molecule has 5 atom stereocenters. The number of carbonyl (C=O) groups excluding carboxylic acids is 2. The number of primary amides is 2. The average Bonchev–Trinajstić information content (AvgIpc) is 3.13. The van der Waals surface area contributed by atoms with Crippen LogP contribution in [0.4, 0.5) is 4.39 Å². The van der Waals surface area contributed by atoms with Gasteiger partial charge in [-0.3, -0.25) is 9.59 Å². The summed E-state index contributed by atoms with van der Waals surface area (Å²) < 4.78 is 16.0. The molecule has 5 rings (SSSR count). The largest absolute Gasteiger partial charge is 0.369 e. The first-order chi connectivity index (χ1) is 15.3. The number of amides is 2. The molecule has 0 aromatic heterocycles. The van der Waals surface area contributed by atoms with Crippen molar-refractivity contribution in [1.29, 1.82) is 0 Å². The fourth-order valence-corrected chi connectivity index (χ4v) is 7.79. The Bertz CT molecular complexity index is 956. The third-order valence-electron chi connectivity index (χ3n) is 8.90. The van der Waals surface area contributed by atoms with Crippen molar-refractivity contribution in [3.05, 3.63) is 46.5 Å². The van der Waals surface area contributed by atoms with Crippen LogP contribution >= 0.6 is 15.9 Å². The van der Waals surface area contributed by atoms with Crippen molar-refractivity contribution in [1.82, 2.24) is 4.90 Å². The van der Waals surface area contributed by atoms with E-state index in [4.69, 9.17) is 11.5 Å². The molecule has 1 spiro atoms. The van der Waals surface area contributed by atoms with Crippen molar-refractivity contribution in [2.45, 2.75) is 50.1 Å². The van der Waals surface area contributed by atoms with Gasteiger partial charge in [-0.1, -0.05) is 40.2 Å². The van der Waals surface area contributed by atoms with Gasteiger partial charge in [0.2, 0.25) is 11.8 Å². The van der Waals surface area contributed by atoms with Gasteiger partial charge in [0.1, 0.15) is 6.17 Å². The summed E-state index contributed by atoms with van der Waals surface area (Å²) in [4.78, 5) is 28.9. The highest BCUT2D eigenvalue weighted by Crippen LogP contribution is 2.80. The summed E-state index contributed by atoms with van der Waals surface area (Å²) in [6.45, 7) is 2.20. The third kappa shape index (κ3) is 2.82. The molecule has 172 valence electrons. The van der Waals surface area contributed by atoms with Gasteiger partial charge < -0.3 is 16.4 Å². The van der Waals surface area contributed by atoms with E-state index in [2.05, 4.69) is 33.0 Å². The molecule has 2 saturated carbocycles. The zero-order valence-electron chi connectivity index (χ0n) is 18.2. The first-order valence-corrected chi connectivity index (χ1v) is 12.5. The van der Waals surface area contributed by atoms with Gasteiger partial charge in [-0.2, -0.15) is 0 Å². The van der Waals surface area contributed by atoms with Gasteiger partial charge in [-0.25, -0.2) is 4.39 Å². The number of hydrogen-bond donors (Lipinski definition) is 2. The molecule has 5 nitrogen and oxygen atoms in total. The van der Waals surface area contributed by atoms with E-state index < -0.39 is 28.8 Å². The summed E-state index contributed by atoms with van der Waals surface area (Å²) in [6, 6.07) is 7.47. The Morgan fingerprint density at radius 1 is 1.06 bits per heavy atom. The molecule has 1 aliphatic heterocycles. The van der Waals surface area contributed by atoms with Gasteiger partial charge in [0.05, 0.1) is 10.8 Å². The van der Waals surface area contributed by atoms with Crippen LogP contribution in [0, 0.1) is 22.7 Å². The molecular formula is C25H31BrFN3O2. The lowest BCUT2D eigenvalue weighted by Crippen LogP contribution is -2.62. The van der Waals surface area contributed by atoms with Crippen LogP contribution in [0.25, 0.3) is 0 Å². The molecular weight excluding hydrogens is 473 g/mol. The van der Waals surface area contributed by atoms with Crippen molar-refractivity contribution < 1.29 is 14.0 Å². The van der Waals surface area contributed by atoms with E-state index in [0.717, 1.165) is 43.2 Å². The molecule has 2 amide bonds. The fourth-order valence-electron chi connectivity index (χ4n) is 7.53. The maximum Gasteiger partial charge on any atom is 0.229 e. The van der Waals surface area contributed by atoms with Crippen molar-refractivity contribution in [3.63, 3.8) is 0 Å². The molecule has 0 radical (unpaired) electrons. The molecule has 1 aromatic carbocycles. The number of carbonyl (C=O) groups is 2. The summed E-state index contributed by atoms with van der Waals surface area (Å²) in [5.41, 5.74) is 10.4. The van der Waals surface area contributed by atoms with Gasteiger partial charge in [-0.15, -0.1) is 0 Å². The zero-order valence-corrected chi connectivity index (χ0v) is 19.8. The maximum atomic E-state index is 15.2. The number of likely N-dealkylation sites (tertiary alicyclic amines) is 1. The Morgan fingerprint density at radius 3 is 2.25 bits per heavy atom. The number of benzene rings is 1. The van der Waals surface area contributed by atoms with Crippen LogP contribution in [0.3, 0.4) is 0 Å². The number of allylic oxidation sites excluding steroid dienone is 2. The lowest BCUT2D eigenvalue weighted by atomic mass is 9.52. The highest BCUT2D eigenvalue weighted by molar-refractivity contribution is 9.10. The van der Waals surface area contributed by atoms with E-state index >= 15 is 4.39 Å². The van der Waals surface area contributed by atoms with E-state index in [0.29, 0.717) is 12.1 Å². The third-order valence-corrected chi connectivity index (χ3v) is 9.43. The molecule has 1 heterocycles. The summed E-state index contributed by atoms with van der Waals surface area (Å²) in [7, 11) is 0. The number of alkyl halides is 1. The lowest BCUT2D eigenvalue weighted by Gasteiger charge is -2.48. The number of halogens is 2. The van der Waals surface area contributed by atoms with Gasteiger partial charge in [0, 0.05) is 16.9 Å². The quantitative estimate of drug-likeness (QED) is 0.532. The lowest BCUT2D eigenvalue weighted by molar-refractivity contribution is -0.144. The van der Waals surface area contributed by atoms with Crippen molar-refractivity contribution in [2.75, 3.05) is 19.6 Å². The molecule has 4 N–H and O–H groups in total. The molecule has 3 aliphatic carbocycles. The standard InChI is InChI=1S/C25H31BrFN3O2/c26-17-5-3-16(4-6-17)25(22(29)32)20-8-7-19(23(20)11-12-23)24(25,21(28)31)10-9-18(27)15-30-13-1-2-14-30/h3-8,18-20H,1-2,9-15H2,(H2,28,31)(H2,29,32)/t18?,19-,20+,24+,25-/m1/s1. The molecule has 3 fully saturated rings. The summed E-state index contributed by atoms with van der Waals surface area (Å²) >= 11 is 3.46. The Hall–Kier alpha value is -1.73. The van der Waals surface area contributed by atoms with Crippen LogP contribution in [0.1, 0.15) is 44.1 Å². The SMILES string of the molecule is NC(=O)[C@]1(CCC(F)CN2CCCC2)[C@@H]2C=C[C@@H](C23CC3)[C@@]1(C(N)=O)c1ccc(Br)cc1. The molecule has 1 saturated heterocycles. The number of hydrogen-bond acceptors (Lipinski definition) is 3. The number of rotatable bonds is 8. The van der Waals surface area contributed by atoms with Crippen LogP contribution in [0.2, 0.25) is 0 Å². The Morgan fingerprint density at radius 2 is 1.69 bits per heavy atom. The summed E-state index contributed by atoms with van der Waals surface area (Å²) in [5.74, 6) is -1.44. The van der Waals surface area contributed by atoms with E-state index in [-0.39, 0.29) is 30.1 Å². The number of nitrogens with two attached hydrogens (primary N) is 2. The molecule has 2 bridgehead atoms. The monoisotopic (exact) mass is 503 g/mol. The first-order valence-electron chi connectivity index (χ1n) is 11.7. The van der Waals surface area contributed by atoms with Gasteiger partial charge in [0.25, 0.3) is 0 Å². The highest BCUT2D eigenvalue weighted by Gasteiger charge is 2.82. The topological polar surface area (TPSA) is 89.4 Å². The molecule has 1 unspecified atom stereocenters. The second-order valence-electron chi connectivity index (χ2n) is 10.2. The molecule has 4 aliphatic rings. The van der Waals surface area contributed by atoms with Gasteiger partial charge in [0.15, 0.2) is 0 Å². The summed E-state index contributed by atoms with van der Waals surface area (Å²) in [6.07, 6.45) is 7.55. The molecule has 1 aromatic rings. The smallest absolute Gasteiger partial charge is 0.229 e. The van der Waals surface area contributed by atoms with Crippen molar-refractivity contribution in [2.24, 2.45) is 34.1 Å². The van der Waals surface area contributed by atoms with E-state index in [1.54, 1.807) is 0 Å². The van der Waals surface area contributed by atoms with E-state index in [9.17, 15) is 9.59 Å². The molecule has 7 heteroatoms. The van der Waals surface area contributed by atoms with Crippen molar-refractivity contribution in [3.8, 4) is 0 Å². The second-order valence-corrected chi connectivity index (χ2v) is 11.1. The number of nitrogens with zero attached hydrogens (tertiary/aromatic N) is 1. The van der Waals surface area contributed by atoms with E-state index in [1.165, 1.54) is 0 Å². The van der Waals surface area contributed by atoms with Crippen LogP contribution in [0.15, 0.2) is 40.9 Å². The predicted molar refractivity (Wildman–Crippen MR) is 124 cm³/mol. The van der Waals surface area contributed by atoms with Crippen LogP contribution < -0.4 is 11.5 Å². The fraction of sp³-hybridized carbons (Fsp3) is 0.600. The van der Waals surface area contributed by atoms with E-state index in [1.807, 2.05) is 24.3 Å². The predicted octanol–water partition coefficient (Wildman–Crippen LogP) is 3.45. The first kappa shape index (κ1) is 22.1. The minimum atomic E-state index is -1.26. The second kappa shape index (κ2) is 7.66. The maximum absolute atomic E-state index is 15.2. The normalized spacial score (nSPS) is 35.4. The molecule has 32 heavy (non-hydrogen) atoms. The highest BCUT2D eigenvalue weighted by atomic mass is 79.9. The van der Waals surface area contributed by atoms with Crippen molar-refractivity contribution >= 4 is 27.7 Å². The zero-order chi connectivity index (χ0) is 22.7. The van der Waals surface area contributed by atoms with Crippen LogP contribution in [-0.2, 0) is 15.0 Å². The Balaban J connectivity index is 1.58. The average molecular weight is 504 g/mol. The minimum absolute atomic E-state index is 0.169.